The number of carboxylic acids is 2. The molecular weight excluding hydrogens is 323 g/mol. The SMILES string of the molecule is O=C(O)c1ccn[nH]1.O=C(O)c1ccn[nH]1.[Pd]. The van der Waals surface area contributed by atoms with Gasteiger partial charge in [0.2, 0.25) is 0 Å². The topological polar surface area (TPSA) is 132 Å². The van der Waals surface area contributed by atoms with Gasteiger partial charge in [0.15, 0.2) is 0 Å². The van der Waals surface area contributed by atoms with Crippen molar-refractivity contribution in [1.82, 2.24) is 20.4 Å². The van der Waals surface area contributed by atoms with Crippen molar-refractivity contribution in [3.05, 3.63) is 35.9 Å². The summed E-state index contributed by atoms with van der Waals surface area (Å²) in [5.74, 6) is -1.97. The summed E-state index contributed by atoms with van der Waals surface area (Å²) in [6, 6.07) is 2.78. The third kappa shape index (κ3) is 5.06. The summed E-state index contributed by atoms with van der Waals surface area (Å²) < 4.78 is 0. The van der Waals surface area contributed by atoms with Gasteiger partial charge in [0, 0.05) is 32.8 Å². The molecule has 0 aliphatic carbocycles. The Bertz CT molecular complexity index is 410. The largest absolute Gasteiger partial charge is 0.477 e. The Morgan fingerprint density at radius 3 is 1.41 bits per heavy atom. The second kappa shape index (κ2) is 7.32. The second-order valence-electron chi connectivity index (χ2n) is 2.55. The van der Waals surface area contributed by atoms with Crippen LogP contribution in [0.5, 0.6) is 0 Å². The first-order valence-electron chi connectivity index (χ1n) is 4.06. The maximum absolute atomic E-state index is 9.99. The molecule has 9 heteroatoms. The van der Waals surface area contributed by atoms with Crippen molar-refractivity contribution in [2.45, 2.75) is 0 Å². The van der Waals surface area contributed by atoms with Gasteiger partial charge in [-0.3, -0.25) is 10.2 Å². The van der Waals surface area contributed by atoms with Crippen LogP contribution in [0.1, 0.15) is 21.0 Å². The smallest absolute Gasteiger partial charge is 0.353 e. The van der Waals surface area contributed by atoms with Crippen LogP contribution in [0.25, 0.3) is 0 Å². The van der Waals surface area contributed by atoms with Crippen LogP contribution in [0.4, 0.5) is 0 Å². The fourth-order valence-electron chi connectivity index (χ4n) is 0.750. The molecule has 94 valence electrons. The first-order chi connectivity index (χ1) is 7.61. The predicted molar refractivity (Wildman–Crippen MR) is 51.1 cm³/mol. The fourth-order valence-corrected chi connectivity index (χ4v) is 0.750. The molecule has 0 saturated heterocycles. The summed E-state index contributed by atoms with van der Waals surface area (Å²) >= 11 is 0. The molecule has 0 aliphatic heterocycles. The van der Waals surface area contributed by atoms with Crippen molar-refractivity contribution in [2.75, 3.05) is 0 Å². The summed E-state index contributed by atoms with van der Waals surface area (Å²) in [4.78, 5) is 20.0. The Morgan fingerprint density at radius 2 is 1.29 bits per heavy atom. The molecule has 0 aliphatic rings. The number of hydrogen-bond acceptors (Lipinski definition) is 4. The molecule has 17 heavy (non-hydrogen) atoms. The molecule has 0 spiro atoms. The zero-order valence-electron chi connectivity index (χ0n) is 8.23. The van der Waals surface area contributed by atoms with Gasteiger partial charge in [0.25, 0.3) is 0 Å². The molecule has 2 aromatic rings. The van der Waals surface area contributed by atoms with Crippen molar-refractivity contribution >= 4 is 11.9 Å². The minimum Gasteiger partial charge on any atom is -0.477 e. The molecule has 2 heterocycles. The molecular formula is C8H8N4O4Pd. The quantitative estimate of drug-likeness (QED) is 0.582. The van der Waals surface area contributed by atoms with Crippen LogP contribution < -0.4 is 0 Å². The standard InChI is InChI=1S/2C4H4N2O2.Pd/c2*7-4(8)3-1-2-5-6-3;/h2*1-2H,(H,5,6)(H,7,8);. The molecule has 0 fully saturated rings. The zero-order valence-corrected chi connectivity index (χ0v) is 9.79. The van der Waals surface area contributed by atoms with Gasteiger partial charge >= 0.3 is 11.9 Å². The Labute approximate surface area is 109 Å². The van der Waals surface area contributed by atoms with Crippen LogP contribution in [-0.2, 0) is 20.4 Å². The van der Waals surface area contributed by atoms with Crippen molar-refractivity contribution in [1.29, 1.82) is 0 Å². The molecule has 0 saturated carbocycles. The number of aromatic amines is 2. The van der Waals surface area contributed by atoms with E-state index in [0.29, 0.717) is 0 Å². The number of nitrogens with one attached hydrogen (secondary N) is 2. The monoisotopic (exact) mass is 330 g/mol. The molecule has 0 atom stereocenters. The van der Waals surface area contributed by atoms with Gasteiger partial charge < -0.3 is 10.2 Å². The van der Waals surface area contributed by atoms with Crippen LogP contribution in [0, 0.1) is 0 Å². The van der Waals surface area contributed by atoms with E-state index in [2.05, 4.69) is 20.4 Å². The number of aromatic nitrogens is 4. The van der Waals surface area contributed by atoms with E-state index in [4.69, 9.17) is 10.2 Å². The molecule has 0 bridgehead atoms. The maximum Gasteiger partial charge on any atom is 0.353 e. The van der Waals surface area contributed by atoms with Crippen LogP contribution in [-0.4, -0.2) is 42.5 Å². The molecule has 0 amide bonds. The van der Waals surface area contributed by atoms with E-state index in [1.54, 1.807) is 0 Å². The third-order valence-corrected chi connectivity index (χ3v) is 1.46. The molecule has 2 aromatic heterocycles. The Hall–Kier alpha value is -1.98. The number of carbonyl (C=O) groups is 2. The Morgan fingerprint density at radius 1 is 0.941 bits per heavy atom. The number of nitrogens with zero attached hydrogens (tertiary/aromatic N) is 2. The molecule has 8 nitrogen and oxygen atoms in total. The van der Waals surface area contributed by atoms with E-state index < -0.39 is 11.9 Å². The van der Waals surface area contributed by atoms with Crippen LogP contribution >= 0.6 is 0 Å². The number of hydrogen-bond donors (Lipinski definition) is 4. The van der Waals surface area contributed by atoms with Gasteiger partial charge in [0.1, 0.15) is 11.4 Å². The van der Waals surface area contributed by atoms with E-state index in [-0.39, 0.29) is 31.8 Å². The first kappa shape index (κ1) is 15.0. The summed E-state index contributed by atoms with van der Waals surface area (Å²) in [5.41, 5.74) is 0.231. The van der Waals surface area contributed by atoms with Crippen molar-refractivity contribution in [2.24, 2.45) is 0 Å². The van der Waals surface area contributed by atoms with E-state index >= 15 is 0 Å². The number of H-pyrrole nitrogens is 2. The minimum atomic E-state index is -0.984. The third-order valence-electron chi connectivity index (χ3n) is 1.46. The van der Waals surface area contributed by atoms with Crippen molar-refractivity contribution in [3.8, 4) is 0 Å². The van der Waals surface area contributed by atoms with Gasteiger partial charge in [-0.2, -0.15) is 10.2 Å². The molecule has 0 unspecified atom stereocenters. The Balaban J connectivity index is 0.000000284. The number of aromatic carboxylic acids is 2. The number of rotatable bonds is 2. The number of carboxylic acid groups (broad SMARTS) is 2. The van der Waals surface area contributed by atoms with Gasteiger partial charge in [-0.15, -0.1) is 0 Å². The minimum absolute atomic E-state index is 0. The van der Waals surface area contributed by atoms with Crippen molar-refractivity contribution < 1.29 is 40.2 Å². The van der Waals surface area contributed by atoms with Gasteiger partial charge in [0.05, 0.1) is 0 Å². The van der Waals surface area contributed by atoms with E-state index in [0.717, 1.165) is 0 Å². The van der Waals surface area contributed by atoms with Crippen LogP contribution in [0.15, 0.2) is 24.5 Å². The second-order valence-corrected chi connectivity index (χ2v) is 2.55. The summed E-state index contributed by atoms with van der Waals surface area (Å²) in [7, 11) is 0. The Kier molecular flexibility index (Phi) is 6.47. The van der Waals surface area contributed by atoms with Crippen LogP contribution in [0.3, 0.4) is 0 Å². The van der Waals surface area contributed by atoms with Gasteiger partial charge in [-0.05, 0) is 12.1 Å². The summed E-state index contributed by atoms with van der Waals surface area (Å²) in [6.45, 7) is 0. The summed E-state index contributed by atoms with van der Waals surface area (Å²) in [6.07, 6.45) is 2.78. The fraction of sp³-hybridized carbons (Fsp3) is 0. The van der Waals surface area contributed by atoms with Gasteiger partial charge in [-0.1, -0.05) is 0 Å². The van der Waals surface area contributed by atoms with Crippen LogP contribution in [0.2, 0.25) is 0 Å². The van der Waals surface area contributed by atoms with Crippen molar-refractivity contribution in [3.63, 3.8) is 0 Å². The summed E-state index contributed by atoms with van der Waals surface area (Å²) in [5, 5.41) is 27.9. The van der Waals surface area contributed by atoms with E-state index in [1.807, 2.05) is 0 Å². The molecule has 0 radical (unpaired) electrons. The first-order valence-corrected chi connectivity index (χ1v) is 4.06. The molecule has 0 aromatic carbocycles. The average molecular weight is 331 g/mol. The molecule has 4 N–H and O–H groups in total. The maximum atomic E-state index is 9.99. The van der Waals surface area contributed by atoms with E-state index in [9.17, 15) is 9.59 Å². The average Bonchev–Trinajstić information content (AvgIpc) is 2.93. The zero-order chi connectivity index (χ0) is 12.0. The van der Waals surface area contributed by atoms with E-state index in [1.165, 1.54) is 24.5 Å². The van der Waals surface area contributed by atoms with Gasteiger partial charge in [-0.25, -0.2) is 9.59 Å². The normalized spacial score (nSPS) is 8.47. The molecule has 2 rings (SSSR count). The predicted octanol–water partition coefficient (Wildman–Crippen LogP) is 0.213.